The Kier molecular flexibility index (Phi) is 6.52. The van der Waals surface area contributed by atoms with E-state index < -0.39 is 0 Å². The highest BCUT2D eigenvalue weighted by molar-refractivity contribution is 5.94. The number of nitrogens with zero attached hydrogens (tertiary/aromatic N) is 1. The fourth-order valence-corrected chi connectivity index (χ4v) is 2.70. The Labute approximate surface area is 158 Å². The highest BCUT2D eigenvalue weighted by Gasteiger charge is 2.06. The van der Waals surface area contributed by atoms with Crippen molar-refractivity contribution in [1.29, 1.82) is 0 Å². The van der Waals surface area contributed by atoms with Gasteiger partial charge in [-0.3, -0.25) is 4.79 Å². The fraction of sp³-hybridized carbons (Fsp3) is 0.182. The van der Waals surface area contributed by atoms with Crippen molar-refractivity contribution in [2.45, 2.75) is 19.4 Å². The molecule has 0 unspecified atom stereocenters. The van der Waals surface area contributed by atoms with E-state index in [1.807, 2.05) is 18.2 Å². The van der Waals surface area contributed by atoms with Gasteiger partial charge in [-0.15, -0.1) is 0 Å². The third-order valence-electron chi connectivity index (χ3n) is 4.21. The summed E-state index contributed by atoms with van der Waals surface area (Å²) in [5.74, 6) is 0.201. The molecule has 0 fully saturated rings. The molecule has 1 amide bonds. The molecule has 0 saturated heterocycles. The molecule has 0 radical (unpaired) electrons. The van der Waals surface area contributed by atoms with Crippen LogP contribution in [0.5, 0.6) is 0 Å². The van der Waals surface area contributed by atoms with Crippen LogP contribution >= 0.6 is 0 Å². The molecular weight excluding hydrogens is 341 g/mol. The van der Waals surface area contributed by atoms with E-state index in [1.54, 1.807) is 30.3 Å². The van der Waals surface area contributed by atoms with Crippen LogP contribution in [-0.4, -0.2) is 17.4 Å². The summed E-state index contributed by atoms with van der Waals surface area (Å²) in [6, 6.07) is 20.2. The molecule has 0 spiro atoms. The topological polar surface area (TPSA) is 54.0 Å². The number of hydrogen-bond acceptors (Lipinski definition) is 3. The van der Waals surface area contributed by atoms with Gasteiger partial charge in [0, 0.05) is 24.8 Å². The average molecular weight is 363 g/mol. The Bertz CT molecular complexity index is 866. The third kappa shape index (κ3) is 5.64. The van der Waals surface area contributed by atoms with E-state index in [0.29, 0.717) is 30.0 Å². The smallest absolute Gasteiger partial charge is 0.252 e. The molecule has 1 aromatic heterocycles. The summed E-state index contributed by atoms with van der Waals surface area (Å²) in [5.41, 5.74) is 2.34. The lowest BCUT2D eigenvalue weighted by Crippen LogP contribution is -2.24. The summed E-state index contributed by atoms with van der Waals surface area (Å²) in [6.45, 7) is 0.950. The van der Waals surface area contributed by atoms with Crippen molar-refractivity contribution in [3.8, 4) is 0 Å². The predicted molar refractivity (Wildman–Crippen MR) is 105 cm³/mol. The molecule has 2 N–H and O–H groups in total. The first kappa shape index (κ1) is 18.6. The first-order valence-corrected chi connectivity index (χ1v) is 8.98. The average Bonchev–Trinajstić information content (AvgIpc) is 2.72. The number of pyridine rings is 1. The maximum atomic E-state index is 13.6. The van der Waals surface area contributed by atoms with E-state index in [4.69, 9.17) is 0 Å². The van der Waals surface area contributed by atoms with E-state index in [-0.39, 0.29) is 11.7 Å². The van der Waals surface area contributed by atoms with Gasteiger partial charge in [-0.05, 0) is 36.6 Å². The maximum Gasteiger partial charge on any atom is 0.252 e. The van der Waals surface area contributed by atoms with Crippen LogP contribution in [0.15, 0.2) is 72.9 Å². The van der Waals surface area contributed by atoms with Gasteiger partial charge in [-0.1, -0.05) is 48.5 Å². The van der Waals surface area contributed by atoms with Crippen LogP contribution in [0.1, 0.15) is 27.9 Å². The van der Waals surface area contributed by atoms with Crippen LogP contribution < -0.4 is 10.6 Å². The minimum atomic E-state index is -0.253. The molecule has 4 nitrogen and oxygen atoms in total. The van der Waals surface area contributed by atoms with Crippen LogP contribution in [0.25, 0.3) is 0 Å². The van der Waals surface area contributed by atoms with Gasteiger partial charge in [0.05, 0.1) is 5.56 Å². The molecule has 3 aromatic rings. The van der Waals surface area contributed by atoms with Crippen LogP contribution in [0.4, 0.5) is 10.2 Å². The summed E-state index contributed by atoms with van der Waals surface area (Å²) in [6.07, 6.45) is 3.33. The predicted octanol–water partition coefficient (Wildman–Crippen LogP) is 4.20. The number of carbonyl (C=O) groups is 1. The number of amides is 1. The Morgan fingerprint density at radius 3 is 2.48 bits per heavy atom. The third-order valence-corrected chi connectivity index (χ3v) is 4.21. The number of aryl methyl sites for hydroxylation is 1. The highest BCUT2D eigenvalue weighted by atomic mass is 19.1. The van der Waals surface area contributed by atoms with Gasteiger partial charge in [-0.25, -0.2) is 9.37 Å². The number of halogens is 1. The first-order valence-electron chi connectivity index (χ1n) is 8.98. The van der Waals surface area contributed by atoms with Gasteiger partial charge in [0.2, 0.25) is 0 Å². The number of carbonyl (C=O) groups excluding carboxylic acids is 1. The lowest BCUT2D eigenvalue weighted by atomic mass is 10.1. The van der Waals surface area contributed by atoms with Crippen LogP contribution in [0, 0.1) is 5.82 Å². The van der Waals surface area contributed by atoms with Crippen LogP contribution in [0.2, 0.25) is 0 Å². The van der Waals surface area contributed by atoms with Crippen LogP contribution in [-0.2, 0) is 13.0 Å². The summed E-state index contributed by atoms with van der Waals surface area (Å²) < 4.78 is 13.6. The summed E-state index contributed by atoms with van der Waals surface area (Å²) in [5, 5.41) is 5.96. The van der Waals surface area contributed by atoms with E-state index in [9.17, 15) is 9.18 Å². The second-order valence-corrected chi connectivity index (χ2v) is 6.22. The van der Waals surface area contributed by atoms with Gasteiger partial charge in [0.1, 0.15) is 11.6 Å². The van der Waals surface area contributed by atoms with Gasteiger partial charge in [-0.2, -0.15) is 0 Å². The normalized spacial score (nSPS) is 10.4. The molecule has 138 valence electrons. The lowest BCUT2D eigenvalue weighted by Gasteiger charge is -2.08. The Balaban J connectivity index is 1.43. The van der Waals surface area contributed by atoms with Crippen molar-refractivity contribution in [2.75, 3.05) is 11.9 Å². The molecule has 5 heteroatoms. The zero-order chi connectivity index (χ0) is 18.9. The zero-order valence-corrected chi connectivity index (χ0v) is 15.0. The number of benzene rings is 2. The molecule has 0 aliphatic carbocycles. The van der Waals surface area contributed by atoms with Gasteiger partial charge in [0.15, 0.2) is 0 Å². The van der Waals surface area contributed by atoms with Crippen molar-refractivity contribution < 1.29 is 9.18 Å². The molecule has 0 bridgehead atoms. The number of rotatable bonds is 8. The Morgan fingerprint density at radius 1 is 0.963 bits per heavy atom. The number of hydrogen-bond donors (Lipinski definition) is 2. The Hall–Kier alpha value is -3.21. The summed E-state index contributed by atoms with van der Waals surface area (Å²) in [7, 11) is 0. The minimum Gasteiger partial charge on any atom is -0.366 e. The molecule has 2 aromatic carbocycles. The van der Waals surface area contributed by atoms with Gasteiger partial charge >= 0.3 is 0 Å². The van der Waals surface area contributed by atoms with Gasteiger partial charge < -0.3 is 10.6 Å². The standard InChI is InChI=1S/C22H22FN3O/c23-20-11-5-4-10-18(20)15-25-21-13-12-19(16-26-21)22(27)24-14-6-9-17-7-2-1-3-8-17/h1-5,7-8,10-13,16H,6,9,14-15H2,(H,24,27)(H,25,26). The fourth-order valence-electron chi connectivity index (χ4n) is 2.70. The quantitative estimate of drug-likeness (QED) is 0.590. The molecule has 0 aliphatic rings. The number of aromatic nitrogens is 1. The monoisotopic (exact) mass is 363 g/mol. The number of anilines is 1. The lowest BCUT2D eigenvalue weighted by molar-refractivity contribution is 0.0953. The molecule has 0 atom stereocenters. The van der Waals surface area contributed by atoms with E-state index in [2.05, 4.69) is 27.8 Å². The maximum absolute atomic E-state index is 13.6. The molecule has 0 aliphatic heterocycles. The molecule has 1 heterocycles. The first-order chi connectivity index (χ1) is 13.2. The van der Waals surface area contributed by atoms with Crippen molar-refractivity contribution in [3.63, 3.8) is 0 Å². The number of nitrogens with one attached hydrogen (secondary N) is 2. The van der Waals surface area contributed by atoms with Gasteiger partial charge in [0.25, 0.3) is 5.91 Å². The second-order valence-electron chi connectivity index (χ2n) is 6.22. The van der Waals surface area contributed by atoms with E-state index >= 15 is 0 Å². The Morgan fingerprint density at radius 2 is 1.74 bits per heavy atom. The van der Waals surface area contributed by atoms with Crippen molar-refractivity contribution in [3.05, 3.63) is 95.4 Å². The highest BCUT2D eigenvalue weighted by Crippen LogP contribution is 2.10. The van der Waals surface area contributed by atoms with E-state index in [0.717, 1.165) is 12.8 Å². The van der Waals surface area contributed by atoms with E-state index in [1.165, 1.54) is 17.8 Å². The molecule has 27 heavy (non-hydrogen) atoms. The van der Waals surface area contributed by atoms with Crippen molar-refractivity contribution in [2.24, 2.45) is 0 Å². The van der Waals surface area contributed by atoms with Crippen molar-refractivity contribution in [1.82, 2.24) is 10.3 Å². The largest absolute Gasteiger partial charge is 0.366 e. The van der Waals surface area contributed by atoms with Crippen LogP contribution in [0.3, 0.4) is 0 Å². The zero-order valence-electron chi connectivity index (χ0n) is 15.0. The SMILES string of the molecule is O=C(NCCCc1ccccc1)c1ccc(NCc2ccccc2F)nc1. The molecule has 0 saturated carbocycles. The molecule has 3 rings (SSSR count). The summed E-state index contributed by atoms with van der Waals surface area (Å²) >= 11 is 0. The van der Waals surface area contributed by atoms with Crippen molar-refractivity contribution >= 4 is 11.7 Å². The summed E-state index contributed by atoms with van der Waals surface area (Å²) in [4.78, 5) is 16.4. The molecular formula is C22H22FN3O. The second kappa shape index (κ2) is 9.48. The minimum absolute atomic E-state index is 0.142.